The summed E-state index contributed by atoms with van der Waals surface area (Å²) in [6.07, 6.45) is 1.71. The molecule has 2 aromatic heterocycles. The molecule has 0 bridgehead atoms. The topological polar surface area (TPSA) is 52.8 Å². The van der Waals surface area contributed by atoms with Crippen LogP contribution in [0.2, 0.25) is 0 Å². The predicted octanol–water partition coefficient (Wildman–Crippen LogP) is 2.68. The Kier molecular flexibility index (Phi) is 4.09. The van der Waals surface area contributed by atoms with Crippen molar-refractivity contribution in [2.24, 2.45) is 0 Å². The van der Waals surface area contributed by atoms with Gasteiger partial charge in [-0.3, -0.25) is 4.98 Å². The molecule has 0 amide bonds. The van der Waals surface area contributed by atoms with Crippen LogP contribution in [0.4, 0.5) is 5.82 Å². The number of rotatable bonds is 4. The smallest absolute Gasteiger partial charge is 0.146 e. The van der Waals surface area contributed by atoms with Crippen molar-refractivity contribution in [1.82, 2.24) is 9.97 Å². The van der Waals surface area contributed by atoms with Crippen LogP contribution >= 0.6 is 0 Å². The van der Waals surface area contributed by atoms with Gasteiger partial charge in [0.05, 0.1) is 17.8 Å². The van der Waals surface area contributed by atoms with E-state index in [0.29, 0.717) is 12.1 Å². The summed E-state index contributed by atoms with van der Waals surface area (Å²) in [6.45, 7) is 5.46. The maximum absolute atomic E-state index is 9.14. The van der Waals surface area contributed by atoms with Crippen LogP contribution in [0.15, 0.2) is 36.5 Å². The molecule has 2 heterocycles. The number of nitrogens with zero attached hydrogens (tertiary/aromatic N) is 4. The summed E-state index contributed by atoms with van der Waals surface area (Å²) >= 11 is 0. The third kappa shape index (κ3) is 3.08. The Labute approximate surface area is 113 Å². The molecule has 0 aliphatic carbocycles. The molecule has 0 atom stereocenters. The minimum Gasteiger partial charge on any atom is -0.350 e. The van der Waals surface area contributed by atoms with Gasteiger partial charge in [0.15, 0.2) is 0 Å². The number of aromatic nitrogens is 2. The van der Waals surface area contributed by atoms with Crippen LogP contribution in [-0.2, 0) is 6.54 Å². The van der Waals surface area contributed by atoms with Crippen LogP contribution in [0.5, 0.6) is 0 Å². The van der Waals surface area contributed by atoms with Gasteiger partial charge in [-0.15, -0.1) is 0 Å². The molecule has 4 nitrogen and oxygen atoms in total. The standard InChI is InChI=1S/C15H16N4/c1-3-19(11-14-8-4-6-12(2)18-14)15-13(10-16)7-5-9-17-15/h4-9H,3,11H2,1-2H3. The van der Waals surface area contributed by atoms with Gasteiger partial charge in [0, 0.05) is 18.4 Å². The number of aryl methyl sites for hydroxylation is 1. The summed E-state index contributed by atoms with van der Waals surface area (Å²) in [4.78, 5) is 10.9. The van der Waals surface area contributed by atoms with Crippen LogP contribution in [-0.4, -0.2) is 16.5 Å². The zero-order valence-corrected chi connectivity index (χ0v) is 11.2. The molecule has 0 saturated heterocycles. The van der Waals surface area contributed by atoms with E-state index in [9.17, 15) is 0 Å². The van der Waals surface area contributed by atoms with Crippen molar-refractivity contribution in [1.29, 1.82) is 5.26 Å². The lowest BCUT2D eigenvalue weighted by atomic mass is 10.2. The van der Waals surface area contributed by atoms with Gasteiger partial charge in [-0.1, -0.05) is 6.07 Å². The molecule has 0 aliphatic rings. The lowest BCUT2D eigenvalue weighted by molar-refractivity contribution is 0.789. The number of hydrogen-bond acceptors (Lipinski definition) is 4. The van der Waals surface area contributed by atoms with E-state index in [1.807, 2.05) is 32.0 Å². The monoisotopic (exact) mass is 252 g/mol. The van der Waals surface area contributed by atoms with Crippen molar-refractivity contribution >= 4 is 5.82 Å². The molecular weight excluding hydrogens is 236 g/mol. The fourth-order valence-corrected chi connectivity index (χ4v) is 1.96. The molecule has 0 aliphatic heterocycles. The van der Waals surface area contributed by atoms with Crippen LogP contribution in [0, 0.1) is 18.3 Å². The van der Waals surface area contributed by atoms with Gasteiger partial charge in [-0.25, -0.2) is 4.98 Å². The van der Waals surface area contributed by atoms with E-state index in [2.05, 4.69) is 20.9 Å². The highest BCUT2D eigenvalue weighted by Gasteiger charge is 2.11. The SMILES string of the molecule is CCN(Cc1cccc(C)n1)c1ncccc1C#N. The zero-order chi connectivity index (χ0) is 13.7. The van der Waals surface area contributed by atoms with E-state index in [4.69, 9.17) is 5.26 Å². The number of nitriles is 1. The van der Waals surface area contributed by atoms with Gasteiger partial charge in [0.2, 0.25) is 0 Å². The number of pyridine rings is 2. The maximum Gasteiger partial charge on any atom is 0.146 e. The van der Waals surface area contributed by atoms with Gasteiger partial charge in [-0.2, -0.15) is 5.26 Å². The second-order valence-electron chi connectivity index (χ2n) is 4.27. The summed E-state index contributed by atoms with van der Waals surface area (Å²) in [5.41, 5.74) is 2.57. The highest BCUT2D eigenvalue weighted by Crippen LogP contribution is 2.18. The third-order valence-electron chi connectivity index (χ3n) is 2.89. The second kappa shape index (κ2) is 5.96. The summed E-state index contributed by atoms with van der Waals surface area (Å²) in [7, 11) is 0. The lowest BCUT2D eigenvalue weighted by Crippen LogP contribution is -2.24. The average Bonchev–Trinajstić information content (AvgIpc) is 2.45. The van der Waals surface area contributed by atoms with Crippen molar-refractivity contribution in [3.8, 4) is 6.07 Å². The quantitative estimate of drug-likeness (QED) is 0.839. The predicted molar refractivity (Wildman–Crippen MR) is 74.7 cm³/mol. The first kappa shape index (κ1) is 13.0. The Hall–Kier alpha value is -2.41. The Morgan fingerprint density at radius 2 is 2.11 bits per heavy atom. The van der Waals surface area contributed by atoms with Crippen LogP contribution in [0.25, 0.3) is 0 Å². The zero-order valence-electron chi connectivity index (χ0n) is 11.2. The normalized spacial score (nSPS) is 9.95. The van der Waals surface area contributed by atoms with Crippen molar-refractivity contribution in [2.75, 3.05) is 11.4 Å². The first-order valence-electron chi connectivity index (χ1n) is 6.27. The van der Waals surface area contributed by atoms with Gasteiger partial charge >= 0.3 is 0 Å². The lowest BCUT2D eigenvalue weighted by Gasteiger charge is -2.22. The van der Waals surface area contributed by atoms with E-state index < -0.39 is 0 Å². The summed E-state index contributed by atoms with van der Waals surface area (Å²) in [5, 5.41) is 9.14. The Morgan fingerprint density at radius 3 is 2.79 bits per heavy atom. The number of anilines is 1. The molecule has 19 heavy (non-hydrogen) atoms. The molecule has 0 N–H and O–H groups in total. The minimum absolute atomic E-state index is 0.594. The van der Waals surface area contributed by atoms with Gasteiger partial charge < -0.3 is 4.90 Å². The average molecular weight is 252 g/mol. The van der Waals surface area contributed by atoms with Crippen molar-refractivity contribution in [2.45, 2.75) is 20.4 Å². The van der Waals surface area contributed by atoms with E-state index in [0.717, 1.165) is 23.8 Å². The Morgan fingerprint density at radius 1 is 1.26 bits per heavy atom. The van der Waals surface area contributed by atoms with E-state index in [-0.39, 0.29) is 0 Å². The Bertz CT molecular complexity index is 601. The molecule has 96 valence electrons. The second-order valence-corrected chi connectivity index (χ2v) is 4.27. The van der Waals surface area contributed by atoms with Crippen LogP contribution in [0.3, 0.4) is 0 Å². The van der Waals surface area contributed by atoms with Crippen LogP contribution in [0.1, 0.15) is 23.9 Å². The first-order valence-corrected chi connectivity index (χ1v) is 6.27. The minimum atomic E-state index is 0.594. The van der Waals surface area contributed by atoms with E-state index in [1.54, 1.807) is 18.3 Å². The molecule has 0 fully saturated rings. The van der Waals surface area contributed by atoms with Crippen molar-refractivity contribution in [3.63, 3.8) is 0 Å². The van der Waals surface area contributed by atoms with E-state index in [1.165, 1.54) is 0 Å². The highest BCUT2D eigenvalue weighted by molar-refractivity contribution is 5.53. The fraction of sp³-hybridized carbons (Fsp3) is 0.267. The molecule has 0 saturated carbocycles. The molecular formula is C15H16N4. The molecule has 0 aromatic carbocycles. The summed E-state index contributed by atoms with van der Waals surface area (Å²) in [6, 6.07) is 11.7. The molecule has 0 unspecified atom stereocenters. The molecule has 0 spiro atoms. The third-order valence-corrected chi connectivity index (χ3v) is 2.89. The molecule has 2 aromatic rings. The van der Waals surface area contributed by atoms with E-state index >= 15 is 0 Å². The van der Waals surface area contributed by atoms with Gasteiger partial charge in [0.25, 0.3) is 0 Å². The van der Waals surface area contributed by atoms with Crippen LogP contribution < -0.4 is 4.90 Å². The first-order chi connectivity index (χ1) is 9.24. The van der Waals surface area contributed by atoms with Crippen molar-refractivity contribution in [3.05, 3.63) is 53.5 Å². The largest absolute Gasteiger partial charge is 0.350 e. The Balaban J connectivity index is 2.28. The van der Waals surface area contributed by atoms with Gasteiger partial charge in [0.1, 0.15) is 11.9 Å². The number of hydrogen-bond donors (Lipinski definition) is 0. The molecule has 4 heteroatoms. The van der Waals surface area contributed by atoms with Crippen molar-refractivity contribution < 1.29 is 0 Å². The highest BCUT2D eigenvalue weighted by atomic mass is 15.2. The summed E-state index contributed by atoms with van der Waals surface area (Å²) < 4.78 is 0. The fourth-order valence-electron chi connectivity index (χ4n) is 1.96. The summed E-state index contributed by atoms with van der Waals surface area (Å²) in [5.74, 6) is 0.718. The van der Waals surface area contributed by atoms with Gasteiger partial charge in [-0.05, 0) is 38.1 Å². The molecule has 0 radical (unpaired) electrons. The molecule has 2 rings (SSSR count). The maximum atomic E-state index is 9.14.